The maximum Gasteiger partial charge on any atom is 0.271 e. The van der Waals surface area contributed by atoms with Crippen LogP contribution in [0.25, 0.3) is 0 Å². The molecule has 0 bridgehead atoms. The molecule has 0 unspecified atom stereocenters. The first-order chi connectivity index (χ1) is 9.42. The molecule has 0 aliphatic carbocycles. The number of thiophene rings is 1. The fourth-order valence-electron chi connectivity index (χ4n) is 1.76. The van der Waals surface area contributed by atoms with Crippen LogP contribution in [-0.2, 0) is 10.0 Å². The Morgan fingerprint density at radius 2 is 1.85 bits per heavy atom. The summed E-state index contributed by atoms with van der Waals surface area (Å²) in [5, 5.41) is 0. The van der Waals surface area contributed by atoms with E-state index < -0.39 is 10.0 Å². The van der Waals surface area contributed by atoms with Crippen LogP contribution in [0.1, 0.15) is 31.7 Å². The predicted octanol–water partition coefficient (Wildman–Crippen LogP) is 4.72. The van der Waals surface area contributed by atoms with Gasteiger partial charge in [0.2, 0.25) is 0 Å². The quantitative estimate of drug-likeness (QED) is 0.863. The number of rotatable bonds is 5. The number of halogens is 1. The molecule has 1 N–H and O–H groups in total. The van der Waals surface area contributed by atoms with Gasteiger partial charge in [-0.15, -0.1) is 11.3 Å². The first-order valence-electron chi connectivity index (χ1n) is 6.30. The zero-order valence-electron chi connectivity index (χ0n) is 11.3. The van der Waals surface area contributed by atoms with Crippen molar-refractivity contribution in [1.82, 2.24) is 0 Å². The van der Waals surface area contributed by atoms with Crippen LogP contribution < -0.4 is 4.72 Å². The van der Waals surface area contributed by atoms with Gasteiger partial charge in [-0.05, 0) is 42.2 Å². The van der Waals surface area contributed by atoms with E-state index >= 15 is 0 Å². The van der Waals surface area contributed by atoms with Crippen LogP contribution in [0.15, 0.2) is 40.6 Å². The molecule has 1 atom stereocenters. The Morgan fingerprint density at radius 1 is 1.20 bits per heavy atom. The van der Waals surface area contributed by atoms with E-state index in [1.165, 1.54) is 11.6 Å². The molecule has 2 rings (SSSR count). The van der Waals surface area contributed by atoms with Gasteiger partial charge in [-0.1, -0.05) is 37.6 Å². The van der Waals surface area contributed by atoms with Gasteiger partial charge >= 0.3 is 0 Å². The minimum atomic E-state index is -3.55. The van der Waals surface area contributed by atoms with Gasteiger partial charge in [0, 0.05) is 5.69 Å². The maximum absolute atomic E-state index is 12.1. The number of benzene rings is 1. The van der Waals surface area contributed by atoms with Crippen molar-refractivity contribution in [3.8, 4) is 0 Å². The van der Waals surface area contributed by atoms with Crippen molar-refractivity contribution < 1.29 is 8.42 Å². The molecule has 1 aromatic carbocycles. The van der Waals surface area contributed by atoms with E-state index in [0.29, 0.717) is 15.9 Å². The van der Waals surface area contributed by atoms with Crippen LogP contribution in [-0.4, -0.2) is 8.42 Å². The van der Waals surface area contributed by atoms with Crippen molar-refractivity contribution in [3.05, 3.63) is 46.3 Å². The first-order valence-corrected chi connectivity index (χ1v) is 8.98. The Hall–Kier alpha value is -1.04. The van der Waals surface area contributed by atoms with Crippen LogP contribution in [0, 0.1) is 0 Å². The van der Waals surface area contributed by atoms with Gasteiger partial charge < -0.3 is 0 Å². The highest BCUT2D eigenvalue weighted by Gasteiger charge is 2.16. The molecule has 3 nitrogen and oxygen atoms in total. The molecule has 2 aromatic rings. The first kappa shape index (κ1) is 15.4. The standard InChI is InChI=1S/C14H16ClNO2S2/c1-3-10(2)11-4-6-12(7-5-11)16-20(17,18)14-9-8-13(15)19-14/h4-10,16H,3H2,1-2H3/t10-/m0/s1. The van der Waals surface area contributed by atoms with Gasteiger partial charge in [-0.3, -0.25) is 4.72 Å². The summed E-state index contributed by atoms with van der Waals surface area (Å²) in [4.78, 5) is 0. The van der Waals surface area contributed by atoms with Crippen molar-refractivity contribution >= 4 is 38.6 Å². The minimum absolute atomic E-state index is 0.216. The molecule has 0 amide bonds. The summed E-state index contributed by atoms with van der Waals surface area (Å²) in [7, 11) is -3.55. The third kappa shape index (κ3) is 3.53. The van der Waals surface area contributed by atoms with Gasteiger partial charge in [0.1, 0.15) is 4.21 Å². The minimum Gasteiger partial charge on any atom is -0.279 e. The number of anilines is 1. The number of hydrogen-bond donors (Lipinski definition) is 1. The van der Waals surface area contributed by atoms with E-state index in [0.717, 1.165) is 17.8 Å². The van der Waals surface area contributed by atoms with Crippen LogP contribution >= 0.6 is 22.9 Å². The Bertz CT molecular complexity index is 677. The van der Waals surface area contributed by atoms with Gasteiger partial charge in [-0.2, -0.15) is 0 Å². The van der Waals surface area contributed by atoms with E-state index in [9.17, 15) is 8.42 Å². The van der Waals surface area contributed by atoms with Gasteiger partial charge in [-0.25, -0.2) is 8.42 Å². The molecule has 1 heterocycles. The largest absolute Gasteiger partial charge is 0.279 e. The molecule has 20 heavy (non-hydrogen) atoms. The lowest BCUT2D eigenvalue weighted by molar-refractivity contribution is 0.603. The monoisotopic (exact) mass is 329 g/mol. The second-order valence-corrected chi connectivity index (χ2v) is 8.22. The molecular weight excluding hydrogens is 314 g/mol. The van der Waals surface area contributed by atoms with Crippen LogP contribution in [0.3, 0.4) is 0 Å². The smallest absolute Gasteiger partial charge is 0.271 e. The van der Waals surface area contributed by atoms with Gasteiger partial charge in [0.05, 0.1) is 4.34 Å². The predicted molar refractivity (Wildman–Crippen MR) is 85.3 cm³/mol. The van der Waals surface area contributed by atoms with E-state index in [1.807, 2.05) is 12.1 Å². The van der Waals surface area contributed by atoms with Crippen molar-refractivity contribution in [3.63, 3.8) is 0 Å². The fourth-order valence-corrected chi connectivity index (χ4v) is 4.30. The van der Waals surface area contributed by atoms with Crippen LogP contribution in [0.2, 0.25) is 4.34 Å². The molecular formula is C14H16ClNO2S2. The Balaban J connectivity index is 2.18. The van der Waals surface area contributed by atoms with E-state index in [4.69, 9.17) is 11.6 Å². The van der Waals surface area contributed by atoms with E-state index in [2.05, 4.69) is 18.6 Å². The summed E-state index contributed by atoms with van der Waals surface area (Å²) in [6.45, 7) is 4.27. The second kappa shape index (κ2) is 6.16. The molecule has 0 saturated heterocycles. The Labute approximate surface area is 128 Å². The maximum atomic E-state index is 12.1. The highest BCUT2D eigenvalue weighted by molar-refractivity contribution is 7.94. The molecule has 0 saturated carbocycles. The number of hydrogen-bond acceptors (Lipinski definition) is 3. The van der Waals surface area contributed by atoms with Crippen LogP contribution in [0.5, 0.6) is 0 Å². The molecule has 1 aromatic heterocycles. The third-order valence-corrected chi connectivity index (χ3v) is 6.26. The average Bonchev–Trinajstić information content (AvgIpc) is 2.86. The summed E-state index contributed by atoms with van der Waals surface area (Å²) in [5.41, 5.74) is 1.76. The molecule has 6 heteroatoms. The fraction of sp³-hybridized carbons (Fsp3) is 0.286. The zero-order valence-corrected chi connectivity index (χ0v) is 13.6. The topological polar surface area (TPSA) is 46.2 Å². The highest BCUT2D eigenvalue weighted by atomic mass is 35.5. The Morgan fingerprint density at radius 3 is 2.35 bits per heavy atom. The molecule has 108 valence electrons. The molecule has 0 fully saturated rings. The molecule has 0 aliphatic heterocycles. The van der Waals surface area contributed by atoms with Crippen molar-refractivity contribution in [2.24, 2.45) is 0 Å². The summed E-state index contributed by atoms with van der Waals surface area (Å²) in [6.07, 6.45) is 1.05. The van der Waals surface area contributed by atoms with E-state index in [-0.39, 0.29) is 4.21 Å². The summed E-state index contributed by atoms with van der Waals surface area (Å²) >= 11 is 6.81. The summed E-state index contributed by atoms with van der Waals surface area (Å²) in [5.74, 6) is 0.469. The highest BCUT2D eigenvalue weighted by Crippen LogP contribution is 2.28. The molecule has 0 spiro atoms. The van der Waals surface area contributed by atoms with E-state index in [1.54, 1.807) is 18.2 Å². The van der Waals surface area contributed by atoms with Crippen molar-refractivity contribution in [1.29, 1.82) is 0 Å². The number of nitrogens with one attached hydrogen (secondary N) is 1. The SMILES string of the molecule is CC[C@H](C)c1ccc(NS(=O)(=O)c2ccc(Cl)s2)cc1. The Kier molecular flexibility index (Phi) is 4.73. The normalized spacial score (nSPS) is 13.2. The summed E-state index contributed by atoms with van der Waals surface area (Å²) in [6, 6.07) is 10.6. The van der Waals surface area contributed by atoms with Crippen molar-refractivity contribution in [2.45, 2.75) is 30.4 Å². The average molecular weight is 330 g/mol. The lowest BCUT2D eigenvalue weighted by Crippen LogP contribution is -2.11. The summed E-state index contributed by atoms with van der Waals surface area (Å²) < 4.78 is 27.5. The van der Waals surface area contributed by atoms with Gasteiger partial charge in [0.25, 0.3) is 10.0 Å². The number of sulfonamides is 1. The van der Waals surface area contributed by atoms with Crippen molar-refractivity contribution in [2.75, 3.05) is 4.72 Å². The zero-order chi connectivity index (χ0) is 14.8. The molecule has 0 aliphatic rings. The van der Waals surface area contributed by atoms with Gasteiger partial charge in [0.15, 0.2) is 0 Å². The lowest BCUT2D eigenvalue weighted by Gasteiger charge is -2.10. The van der Waals surface area contributed by atoms with Crippen LogP contribution in [0.4, 0.5) is 5.69 Å². The second-order valence-electron chi connectivity index (χ2n) is 4.60. The lowest BCUT2D eigenvalue weighted by atomic mass is 9.99. The molecule has 0 radical (unpaired) electrons. The third-order valence-electron chi connectivity index (χ3n) is 3.16.